The van der Waals surface area contributed by atoms with Crippen molar-refractivity contribution in [1.29, 1.82) is 0 Å². The predicted octanol–water partition coefficient (Wildman–Crippen LogP) is 7.36. The molecular formula is C29H22O4. The largest absolute Gasteiger partial charge is 0.481 e. The second kappa shape index (κ2) is 8.75. The van der Waals surface area contributed by atoms with E-state index in [0.29, 0.717) is 12.0 Å². The highest BCUT2D eigenvalue weighted by molar-refractivity contribution is 6.12. The van der Waals surface area contributed by atoms with E-state index in [-0.39, 0.29) is 18.6 Å². The van der Waals surface area contributed by atoms with Gasteiger partial charge in [0.05, 0.1) is 0 Å². The van der Waals surface area contributed by atoms with E-state index in [2.05, 4.69) is 36.4 Å². The zero-order chi connectivity index (χ0) is 22.8. The first-order valence-electron chi connectivity index (χ1n) is 11.0. The molecule has 0 radical (unpaired) electrons. The first-order valence-corrected chi connectivity index (χ1v) is 11.0. The molecule has 0 saturated heterocycles. The molecule has 0 atom stereocenters. The molecule has 0 fully saturated rings. The number of benzene rings is 4. The Balaban J connectivity index is 1.39. The molecule has 5 rings (SSSR count). The number of hydrogen-bond donors (Lipinski definition) is 1. The van der Waals surface area contributed by atoms with Gasteiger partial charge in [-0.05, 0) is 40.8 Å². The molecular weight excluding hydrogens is 412 g/mol. The molecule has 0 aliphatic rings. The smallest absolute Gasteiger partial charge is 0.303 e. The number of carbonyl (C=O) groups excluding carboxylic acids is 1. The molecule has 0 aliphatic heterocycles. The molecule has 0 unspecified atom stereocenters. The molecule has 4 nitrogen and oxygen atoms in total. The Morgan fingerprint density at radius 1 is 0.667 bits per heavy atom. The standard InChI is InChI=1S/C29H22O4/c30-25(7-4-10-28(31)32)22-17-13-20(14-18-22)19-11-15-21(16-12-19)23-6-3-9-27-29(23)24-5-1-2-8-26(24)33-27/h1-3,5-6,8-9,11-18H,4,7,10H2,(H,31,32). The van der Waals surface area contributed by atoms with E-state index in [9.17, 15) is 9.59 Å². The third-order valence-electron chi connectivity index (χ3n) is 5.93. The van der Waals surface area contributed by atoms with Crippen LogP contribution in [-0.4, -0.2) is 16.9 Å². The number of furan rings is 1. The Labute approximate surface area is 191 Å². The van der Waals surface area contributed by atoms with Gasteiger partial charge in [-0.15, -0.1) is 0 Å². The summed E-state index contributed by atoms with van der Waals surface area (Å²) < 4.78 is 6.02. The number of para-hydroxylation sites is 1. The molecule has 0 amide bonds. The normalized spacial score (nSPS) is 11.2. The minimum absolute atomic E-state index is 0.0124. The molecule has 1 aromatic heterocycles. The van der Waals surface area contributed by atoms with Crippen LogP contribution in [0.15, 0.2) is 95.4 Å². The second-order valence-corrected chi connectivity index (χ2v) is 8.10. The summed E-state index contributed by atoms with van der Waals surface area (Å²) >= 11 is 0. The minimum atomic E-state index is -0.876. The minimum Gasteiger partial charge on any atom is -0.481 e. The summed E-state index contributed by atoms with van der Waals surface area (Å²) in [5, 5.41) is 10.9. The third-order valence-corrected chi connectivity index (χ3v) is 5.93. The number of ketones is 1. The van der Waals surface area contributed by atoms with Gasteiger partial charge < -0.3 is 9.52 Å². The number of rotatable bonds is 7. The van der Waals surface area contributed by atoms with Gasteiger partial charge >= 0.3 is 5.97 Å². The molecule has 4 heteroatoms. The Morgan fingerprint density at radius 3 is 2.03 bits per heavy atom. The lowest BCUT2D eigenvalue weighted by atomic mass is 9.96. The summed E-state index contributed by atoms with van der Waals surface area (Å²) in [4.78, 5) is 22.9. The van der Waals surface area contributed by atoms with Crippen LogP contribution in [0.2, 0.25) is 0 Å². The first kappa shape index (κ1) is 20.7. The molecule has 162 valence electrons. The van der Waals surface area contributed by atoms with Crippen molar-refractivity contribution in [2.45, 2.75) is 19.3 Å². The number of carboxylic acids is 1. The molecule has 0 aliphatic carbocycles. The van der Waals surface area contributed by atoms with Gasteiger partial charge in [-0.25, -0.2) is 0 Å². The zero-order valence-corrected chi connectivity index (χ0v) is 18.0. The fourth-order valence-corrected chi connectivity index (χ4v) is 4.25. The van der Waals surface area contributed by atoms with E-state index in [1.807, 2.05) is 54.6 Å². The summed E-state index contributed by atoms with van der Waals surface area (Å²) in [6, 6.07) is 30.1. The van der Waals surface area contributed by atoms with Crippen molar-refractivity contribution in [2.24, 2.45) is 0 Å². The van der Waals surface area contributed by atoms with Gasteiger partial charge in [-0.1, -0.05) is 78.9 Å². The summed E-state index contributed by atoms with van der Waals surface area (Å²) in [6.07, 6.45) is 0.614. The maximum atomic E-state index is 12.3. The van der Waals surface area contributed by atoms with Gasteiger partial charge in [0.15, 0.2) is 5.78 Å². The number of Topliss-reactive ketones (excluding diaryl/α,β-unsaturated/α-hetero) is 1. The maximum absolute atomic E-state index is 12.3. The molecule has 0 spiro atoms. The quantitative estimate of drug-likeness (QED) is 0.272. The Hall–Kier alpha value is -4.18. The van der Waals surface area contributed by atoms with Gasteiger partial charge in [-0.2, -0.15) is 0 Å². The molecule has 33 heavy (non-hydrogen) atoms. The molecule has 0 saturated carbocycles. The van der Waals surface area contributed by atoms with E-state index in [1.165, 1.54) is 0 Å². The van der Waals surface area contributed by atoms with Crippen molar-refractivity contribution in [3.8, 4) is 22.3 Å². The number of fused-ring (bicyclic) bond motifs is 3. The van der Waals surface area contributed by atoms with Crippen LogP contribution in [0.3, 0.4) is 0 Å². The summed E-state index contributed by atoms with van der Waals surface area (Å²) in [7, 11) is 0. The number of aliphatic carboxylic acids is 1. The van der Waals surface area contributed by atoms with Crippen LogP contribution >= 0.6 is 0 Å². The van der Waals surface area contributed by atoms with Gasteiger partial charge in [0.2, 0.25) is 0 Å². The number of hydrogen-bond acceptors (Lipinski definition) is 3. The Morgan fingerprint density at radius 2 is 1.30 bits per heavy atom. The van der Waals surface area contributed by atoms with Crippen molar-refractivity contribution < 1.29 is 19.1 Å². The third kappa shape index (κ3) is 4.15. The van der Waals surface area contributed by atoms with Gasteiger partial charge in [0.25, 0.3) is 0 Å². The van der Waals surface area contributed by atoms with Crippen molar-refractivity contribution in [3.05, 3.63) is 96.6 Å². The van der Waals surface area contributed by atoms with Crippen LogP contribution in [0.5, 0.6) is 0 Å². The van der Waals surface area contributed by atoms with Crippen molar-refractivity contribution >= 4 is 33.7 Å². The van der Waals surface area contributed by atoms with E-state index >= 15 is 0 Å². The molecule has 0 bridgehead atoms. The second-order valence-electron chi connectivity index (χ2n) is 8.10. The van der Waals surface area contributed by atoms with Crippen LogP contribution < -0.4 is 0 Å². The lowest BCUT2D eigenvalue weighted by Crippen LogP contribution is -2.01. The van der Waals surface area contributed by atoms with Gasteiger partial charge in [0, 0.05) is 29.2 Å². The number of carboxylic acid groups (broad SMARTS) is 1. The summed E-state index contributed by atoms with van der Waals surface area (Å²) in [5.74, 6) is -0.905. The van der Waals surface area contributed by atoms with E-state index in [0.717, 1.165) is 44.2 Å². The summed E-state index contributed by atoms with van der Waals surface area (Å²) in [6.45, 7) is 0. The lowest BCUT2D eigenvalue weighted by molar-refractivity contribution is -0.137. The predicted molar refractivity (Wildman–Crippen MR) is 130 cm³/mol. The van der Waals surface area contributed by atoms with E-state index in [1.54, 1.807) is 0 Å². The topological polar surface area (TPSA) is 67.5 Å². The van der Waals surface area contributed by atoms with Gasteiger partial charge in [-0.3, -0.25) is 9.59 Å². The van der Waals surface area contributed by atoms with Crippen LogP contribution in [-0.2, 0) is 4.79 Å². The summed E-state index contributed by atoms with van der Waals surface area (Å²) in [5.41, 5.74) is 6.70. The zero-order valence-electron chi connectivity index (χ0n) is 18.0. The van der Waals surface area contributed by atoms with Gasteiger partial charge in [0.1, 0.15) is 11.2 Å². The lowest BCUT2D eigenvalue weighted by Gasteiger charge is -2.07. The highest BCUT2D eigenvalue weighted by Crippen LogP contribution is 2.37. The fraction of sp³-hybridized carbons (Fsp3) is 0.103. The Bertz CT molecular complexity index is 1460. The molecule has 4 aromatic carbocycles. The van der Waals surface area contributed by atoms with E-state index < -0.39 is 5.97 Å². The first-order chi connectivity index (χ1) is 16.1. The van der Waals surface area contributed by atoms with Crippen LogP contribution in [0.25, 0.3) is 44.2 Å². The highest BCUT2D eigenvalue weighted by atomic mass is 16.4. The average Bonchev–Trinajstić information content (AvgIpc) is 3.23. The van der Waals surface area contributed by atoms with Crippen LogP contribution in [0, 0.1) is 0 Å². The van der Waals surface area contributed by atoms with Crippen molar-refractivity contribution in [2.75, 3.05) is 0 Å². The van der Waals surface area contributed by atoms with Crippen molar-refractivity contribution in [1.82, 2.24) is 0 Å². The van der Waals surface area contributed by atoms with E-state index in [4.69, 9.17) is 9.52 Å². The maximum Gasteiger partial charge on any atom is 0.303 e. The van der Waals surface area contributed by atoms with Crippen LogP contribution in [0.1, 0.15) is 29.6 Å². The van der Waals surface area contributed by atoms with Crippen molar-refractivity contribution in [3.63, 3.8) is 0 Å². The number of carbonyl (C=O) groups is 2. The van der Waals surface area contributed by atoms with Crippen LogP contribution in [0.4, 0.5) is 0 Å². The SMILES string of the molecule is O=C(O)CCCC(=O)c1ccc(-c2ccc(-c3cccc4oc5ccccc5c34)cc2)cc1. The fourth-order valence-electron chi connectivity index (χ4n) is 4.25. The average molecular weight is 434 g/mol. The molecule has 1 heterocycles. The molecule has 1 N–H and O–H groups in total. The Kier molecular flexibility index (Phi) is 5.49. The highest BCUT2D eigenvalue weighted by Gasteiger charge is 2.12. The molecule has 5 aromatic rings. The monoisotopic (exact) mass is 434 g/mol.